The fourth-order valence-corrected chi connectivity index (χ4v) is 4.06. The van der Waals surface area contributed by atoms with Crippen LogP contribution in [0.1, 0.15) is 41.4 Å². The predicted molar refractivity (Wildman–Crippen MR) is 109 cm³/mol. The number of nitrogens with zero attached hydrogens (tertiary/aromatic N) is 2. The van der Waals surface area contributed by atoms with Gasteiger partial charge in [-0.15, -0.1) is 11.3 Å². The second-order valence-corrected chi connectivity index (χ2v) is 7.74. The number of phenolic OH excluding ortho intramolecular Hbond substituents is 1. The van der Waals surface area contributed by atoms with E-state index in [-0.39, 0.29) is 17.0 Å². The van der Waals surface area contributed by atoms with Gasteiger partial charge in [0.1, 0.15) is 10.6 Å². The summed E-state index contributed by atoms with van der Waals surface area (Å²) in [6.45, 7) is 4.46. The van der Waals surface area contributed by atoms with E-state index in [0.717, 1.165) is 30.6 Å². The smallest absolute Gasteiger partial charge is 0.266 e. The van der Waals surface area contributed by atoms with Crippen LogP contribution in [0.4, 0.5) is 5.69 Å². The Hall–Kier alpha value is -2.38. The number of carbonyl (C=O) groups is 1. The molecular weight excluding hydrogens is 386 g/mol. The fourth-order valence-electron chi connectivity index (χ4n) is 2.85. The van der Waals surface area contributed by atoms with Crippen LogP contribution in [0.3, 0.4) is 0 Å². The topological polar surface area (TPSA) is 84.2 Å². The predicted octanol–water partition coefficient (Wildman–Crippen LogP) is 4.57. The number of carbonyl (C=O) groups excluding carboxylic acids is 1. The van der Waals surface area contributed by atoms with E-state index in [2.05, 4.69) is 17.2 Å². The number of aromatic nitrogens is 2. The number of benzene rings is 1. The third-order valence-corrected chi connectivity index (χ3v) is 5.77. The molecule has 6 nitrogen and oxygen atoms in total. The monoisotopic (exact) mass is 405 g/mol. The molecule has 27 heavy (non-hydrogen) atoms. The van der Waals surface area contributed by atoms with Crippen molar-refractivity contribution in [2.75, 3.05) is 5.32 Å². The van der Waals surface area contributed by atoms with Crippen LogP contribution in [-0.4, -0.2) is 20.6 Å². The zero-order valence-corrected chi connectivity index (χ0v) is 16.7. The highest BCUT2D eigenvalue weighted by Crippen LogP contribution is 2.30. The fraction of sp³-hybridized carbons (Fsp3) is 0.316. The first kappa shape index (κ1) is 19.4. The van der Waals surface area contributed by atoms with E-state index in [0.29, 0.717) is 32.2 Å². The first-order valence-corrected chi connectivity index (χ1v) is 9.90. The SMILES string of the molecule is CCCCCn1cnc2sc(C(=O)Nc3cc(Cl)ccc3O)c(C)c2c1=O. The molecule has 142 valence electrons. The van der Waals surface area contributed by atoms with E-state index in [1.54, 1.807) is 17.8 Å². The van der Waals surface area contributed by atoms with Gasteiger partial charge in [-0.05, 0) is 37.1 Å². The lowest BCUT2D eigenvalue weighted by atomic mass is 10.2. The van der Waals surface area contributed by atoms with Crippen molar-refractivity contribution in [1.82, 2.24) is 9.55 Å². The summed E-state index contributed by atoms with van der Waals surface area (Å²) in [5.74, 6) is -0.493. The summed E-state index contributed by atoms with van der Waals surface area (Å²) in [6, 6.07) is 4.41. The van der Waals surface area contributed by atoms with Gasteiger partial charge in [0.2, 0.25) is 0 Å². The Morgan fingerprint density at radius 2 is 2.15 bits per heavy atom. The van der Waals surface area contributed by atoms with Gasteiger partial charge in [0.15, 0.2) is 0 Å². The van der Waals surface area contributed by atoms with Crippen LogP contribution in [0.2, 0.25) is 5.02 Å². The van der Waals surface area contributed by atoms with Gasteiger partial charge in [0.25, 0.3) is 11.5 Å². The maximum absolute atomic E-state index is 12.8. The van der Waals surface area contributed by atoms with Gasteiger partial charge in [0, 0.05) is 11.6 Å². The van der Waals surface area contributed by atoms with Gasteiger partial charge in [-0.1, -0.05) is 31.4 Å². The summed E-state index contributed by atoms with van der Waals surface area (Å²) in [6.07, 6.45) is 4.57. The Bertz CT molecular complexity index is 1060. The molecule has 8 heteroatoms. The van der Waals surface area contributed by atoms with Crippen LogP contribution in [0.25, 0.3) is 10.2 Å². The maximum Gasteiger partial charge on any atom is 0.266 e. The summed E-state index contributed by atoms with van der Waals surface area (Å²) in [7, 11) is 0. The largest absolute Gasteiger partial charge is 0.506 e. The van der Waals surface area contributed by atoms with E-state index in [4.69, 9.17) is 11.6 Å². The molecule has 2 heterocycles. The molecule has 2 aromatic heterocycles. The molecule has 0 aliphatic rings. The Labute approximate surface area is 165 Å². The average molecular weight is 406 g/mol. The minimum absolute atomic E-state index is 0.0806. The zero-order chi connectivity index (χ0) is 19.6. The maximum atomic E-state index is 12.8. The van der Waals surface area contributed by atoms with Crippen LogP contribution in [-0.2, 0) is 6.54 Å². The molecule has 0 fully saturated rings. The lowest BCUT2D eigenvalue weighted by molar-refractivity contribution is 0.102. The zero-order valence-electron chi connectivity index (χ0n) is 15.1. The number of fused-ring (bicyclic) bond motifs is 1. The molecule has 3 rings (SSSR count). The van der Waals surface area contributed by atoms with Gasteiger partial charge in [-0.3, -0.25) is 14.2 Å². The van der Waals surface area contributed by atoms with Gasteiger partial charge in [0.05, 0.1) is 22.3 Å². The van der Waals surface area contributed by atoms with E-state index in [9.17, 15) is 14.7 Å². The number of amides is 1. The molecule has 0 saturated heterocycles. The van der Waals surface area contributed by atoms with Gasteiger partial charge >= 0.3 is 0 Å². The molecule has 0 bridgehead atoms. The summed E-state index contributed by atoms with van der Waals surface area (Å²) >= 11 is 7.08. The summed E-state index contributed by atoms with van der Waals surface area (Å²) < 4.78 is 1.60. The molecule has 0 unspecified atom stereocenters. The molecule has 3 aromatic rings. The van der Waals surface area contributed by atoms with Crippen LogP contribution in [0.15, 0.2) is 29.3 Å². The Morgan fingerprint density at radius 1 is 1.37 bits per heavy atom. The minimum Gasteiger partial charge on any atom is -0.506 e. The lowest BCUT2D eigenvalue weighted by Crippen LogP contribution is -2.20. The number of unbranched alkanes of at least 4 members (excludes halogenated alkanes) is 2. The van der Waals surface area contributed by atoms with Crippen molar-refractivity contribution in [2.45, 2.75) is 39.7 Å². The quantitative estimate of drug-likeness (QED) is 0.464. The molecule has 0 saturated carbocycles. The second-order valence-electron chi connectivity index (χ2n) is 6.30. The number of nitrogens with one attached hydrogen (secondary N) is 1. The summed E-state index contributed by atoms with van der Waals surface area (Å²) in [5, 5.41) is 13.4. The molecule has 1 aromatic carbocycles. The van der Waals surface area contributed by atoms with Crippen LogP contribution in [0.5, 0.6) is 5.75 Å². The molecule has 0 atom stereocenters. The van der Waals surface area contributed by atoms with Crippen molar-refractivity contribution in [3.63, 3.8) is 0 Å². The first-order chi connectivity index (χ1) is 12.9. The number of rotatable bonds is 6. The molecular formula is C19H20ClN3O3S. The Balaban J connectivity index is 1.94. The first-order valence-electron chi connectivity index (χ1n) is 8.70. The number of thiophene rings is 1. The van der Waals surface area contributed by atoms with Crippen molar-refractivity contribution >= 4 is 44.7 Å². The number of aryl methyl sites for hydroxylation is 2. The molecule has 0 aliphatic heterocycles. The van der Waals surface area contributed by atoms with E-state index >= 15 is 0 Å². The number of phenols is 1. The highest BCUT2D eigenvalue weighted by molar-refractivity contribution is 7.20. The molecule has 2 N–H and O–H groups in total. The van der Waals surface area contributed by atoms with Gasteiger partial charge in [-0.25, -0.2) is 4.98 Å². The standard InChI is InChI=1S/C19H20ClN3O3S/c1-3-4-5-8-23-10-21-18-15(19(23)26)11(2)16(27-18)17(25)22-13-9-12(20)6-7-14(13)24/h6-7,9-10,24H,3-5,8H2,1-2H3,(H,22,25). The van der Waals surface area contributed by atoms with Crippen molar-refractivity contribution in [1.29, 1.82) is 0 Å². The van der Waals surface area contributed by atoms with E-state index < -0.39 is 5.91 Å². The molecule has 0 spiro atoms. The summed E-state index contributed by atoms with van der Waals surface area (Å²) in [4.78, 5) is 30.7. The van der Waals surface area contributed by atoms with Crippen LogP contribution >= 0.6 is 22.9 Å². The minimum atomic E-state index is -0.412. The van der Waals surface area contributed by atoms with E-state index in [1.165, 1.54) is 18.2 Å². The third kappa shape index (κ3) is 3.99. The number of halogens is 1. The van der Waals surface area contributed by atoms with Crippen molar-refractivity contribution in [3.05, 3.63) is 50.3 Å². The average Bonchev–Trinajstić information content (AvgIpc) is 2.98. The normalized spacial score (nSPS) is 11.1. The number of hydrogen-bond acceptors (Lipinski definition) is 5. The Morgan fingerprint density at radius 3 is 2.89 bits per heavy atom. The summed E-state index contributed by atoms with van der Waals surface area (Å²) in [5.41, 5.74) is 0.681. The number of hydrogen-bond donors (Lipinski definition) is 2. The highest BCUT2D eigenvalue weighted by Gasteiger charge is 2.20. The molecule has 1 amide bonds. The van der Waals surface area contributed by atoms with Crippen molar-refractivity contribution < 1.29 is 9.90 Å². The van der Waals surface area contributed by atoms with E-state index in [1.807, 2.05) is 0 Å². The van der Waals surface area contributed by atoms with Crippen LogP contribution < -0.4 is 10.9 Å². The molecule has 0 aliphatic carbocycles. The third-order valence-electron chi connectivity index (χ3n) is 4.33. The van der Waals surface area contributed by atoms with Crippen LogP contribution in [0, 0.1) is 6.92 Å². The molecule has 0 radical (unpaired) electrons. The van der Waals surface area contributed by atoms with Gasteiger partial charge in [-0.2, -0.15) is 0 Å². The van der Waals surface area contributed by atoms with Gasteiger partial charge < -0.3 is 10.4 Å². The highest BCUT2D eigenvalue weighted by atomic mass is 35.5. The lowest BCUT2D eigenvalue weighted by Gasteiger charge is -2.07. The number of aromatic hydroxyl groups is 1. The second kappa shape index (κ2) is 8.10. The van der Waals surface area contributed by atoms with Crippen molar-refractivity contribution in [3.8, 4) is 5.75 Å². The number of anilines is 1. The Kier molecular flexibility index (Phi) is 5.82. The van der Waals surface area contributed by atoms with Crippen molar-refractivity contribution in [2.24, 2.45) is 0 Å².